The van der Waals surface area contributed by atoms with Crippen molar-refractivity contribution in [3.63, 3.8) is 0 Å². The topological polar surface area (TPSA) is 61.7 Å². The molecule has 5 heterocycles. The van der Waals surface area contributed by atoms with E-state index >= 15 is 0 Å². The molecule has 7 heteroatoms. The Hall–Kier alpha value is -1.89. The molecule has 4 fully saturated rings. The fourth-order valence-electron chi connectivity index (χ4n) is 6.60. The maximum absolute atomic E-state index is 13.8. The van der Waals surface area contributed by atoms with E-state index in [0.717, 1.165) is 70.7 Å². The number of aryl methyl sites for hydroxylation is 1. The van der Waals surface area contributed by atoms with Crippen LogP contribution in [0.15, 0.2) is 6.20 Å². The third-order valence-corrected chi connectivity index (χ3v) is 8.29. The van der Waals surface area contributed by atoms with E-state index in [2.05, 4.69) is 31.3 Å². The number of imidazole rings is 1. The first-order valence-electron chi connectivity index (χ1n) is 12.3. The van der Waals surface area contributed by atoms with E-state index in [1.807, 2.05) is 13.1 Å². The molecule has 0 N–H and O–H groups in total. The van der Waals surface area contributed by atoms with Gasteiger partial charge in [-0.05, 0) is 44.9 Å². The van der Waals surface area contributed by atoms with Gasteiger partial charge in [0.1, 0.15) is 11.9 Å². The zero-order valence-corrected chi connectivity index (χ0v) is 19.1. The molecule has 31 heavy (non-hydrogen) atoms. The number of carbonyl (C=O) groups excluding carboxylic acids is 2. The molecular formula is C24H37N5O2. The Bertz CT molecular complexity index is 828. The van der Waals surface area contributed by atoms with Crippen LogP contribution in [0.1, 0.15) is 62.9 Å². The number of piperidine rings is 3. The molecule has 7 nitrogen and oxygen atoms in total. The number of rotatable bonds is 3. The minimum absolute atomic E-state index is 0.217. The lowest BCUT2D eigenvalue weighted by Crippen LogP contribution is -2.68. The summed E-state index contributed by atoms with van der Waals surface area (Å²) in [6.07, 6.45) is 10.3. The second-order valence-electron chi connectivity index (χ2n) is 10.3. The lowest BCUT2D eigenvalue weighted by atomic mass is 9.71. The molecule has 4 aliphatic rings. The van der Waals surface area contributed by atoms with Gasteiger partial charge in [-0.1, -0.05) is 12.8 Å². The van der Waals surface area contributed by atoms with Crippen LogP contribution in [-0.2, 0) is 23.2 Å². The van der Waals surface area contributed by atoms with Crippen LogP contribution >= 0.6 is 0 Å². The quantitative estimate of drug-likeness (QED) is 0.743. The van der Waals surface area contributed by atoms with Gasteiger partial charge < -0.3 is 14.4 Å². The molecule has 0 spiro atoms. The third-order valence-electron chi connectivity index (χ3n) is 8.29. The molecule has 0 aliphatic carbocycles. The van der Waals surface area contributed by atoms with E-state index in [-0.39, 0.29) is 29.8 Å². The number of nitrogens with zero attached hydrogens (tertiary/aromatic N) is 5. The number of amides is 2. The van der Waals surface area contributed by atoms with Gasteiger partial charge in [-0.2, -0.15) is 0 Å². The van der Waals surface area contributed by atoms with Crippen LogP contribution in [0.25, 0.3) is 0 Å². The second-order valence-corrected chi connectivity index (χ2v) is 10.3. The number of aromatic nitrogens is 2. The number of hydrogen-bond donors (Lipinski definition) is 0. The van der Waals surface area contributed by atoms with E-state index in [1.165, 1.54) is 18.5 Å². The third kappa shape index (κ3) is 3.90. The fourth-order valence-corrected chi connectivity index (χ4v) is 6.60. The molecule has 1 aromatic heterocycles. The average Bonchev–Trinajstić information content (AvgIpc) is 2.97. The summed E-state index contributed by atoms with van der Waals surface area (Å²) in [7, 11) is 2.08. The molecule has 0 aromatic carbocycles. The predicted octanol–water partition coefficient (Wildman–Crippen LogP) is 2.33. The summed E-state index contributed by atoms with van der Waals surface area (Å²) in [4.78, 5) is 38.0. The van der Waals surface area contributed by atoms with Gasteiger partial charge in [-0.25, -0.2) is 4.98 Å². The van der Waals surface area contributed by atoms with Crippen LogP contribution in [0.3, 0.4) is 0 Å². The maximum atomic E-state index is 13.8. The standard InChI is InChI=1S/C24H37N5O2/c1-17-25-13-20(26(17)2)16-27-14-18-12-19(15-27)23(29-21(18)8-7-9-22(29)30)24(31)28-10-5-3-4-6-11-28/h13,18-19,21,23H,3-12,14-16H2,1-2H3/t18-,19+,21+,23-/m1/s1. The van der Waals surface area contributed by atoms with Crippen LogP contribution in [0.5, 0.6) is 0 Å². The average molecular weight is 428 g/mol. The SMILES string of the molecule is Cc1ncc(CN2C[C@H]3C[C@@H](C2)[C@H](C(=O)N2CCCCCC2)N2C(=O)CCC[C@@H]32)n1C. The predicted molar refractivity (Wildman–Crippen MR) is 118 cm³/mol. The monoisotopic (exact) mass is 427 g/mol. The van der Waals surface area contributed by atoms with Gasteiger partial charge in [-0.3, -0.25) is 14.5 Å². The highest BCUT2D eigenvalue weighted by Crippen LogP contribution is 2.42. The van der Waals surface area contributed by atoms with Crippen molar-refractivity contribution in [3.05, 3.63) is 17.7 Å². The number of likely N-dealkylation sites (tertiary alicyclic amines) is 2. The van der Waals surface area contributed by atoms with Crippen molar-refractivity contribution in [2.75, 3.05) is 26.2 Å². The van der Waals surface area contributed by atoms with E-state index in [9.17, 15) is 9.59 Å². The van der Waals surface area contributed by atoms with Gasteiger partial charge >= 0.3 is 0 Å². The molecule has 0 saturated carbocycles. The summed E-state index contributed by atoms with van der Waals surface area (Å²) in [6.45, 7) is 6.53. The Morgan fingerprint density at radius 1 is 1.10 bits per heavy atom. The van der Waals surface area contributed by atoms with Crippen LogP contribution in [-0.4, -0.2) is 74.3 Å². The Morgan fingerprint density at radius 3 is 2.55 bits per heavy atom. The molecule has 1 aromatic rings. The Morgan fingerprint density at radius 2 is 1.84 bits per heavy atom. The zero-order valence-electron chi connectivity index (χ0n) is 19.1. The molecule has 2 amide bonds. The first-order chi connectivity index (χ1) is 15.0. The van der Waals surface area contributed by atoms with Crippen molar-refractivity contribution < 1.29 is 9.59 Å². The molecule has 4 saturated heterocycles. The second kappa shape index (κ2) is 8.57. The minimum Gasteiger partial charge on any atom is -0.341 e. The smallest absolute Gasteiger partial charge is 0.245 e. The van der Waals surface area contributed by atoms with Gasteiger partial charge in [0, 0.05) is 64.3 Å². The Labute approximate surface area is 185 Å². The summed E-state index contributed by atoms with van der Waals surface area (Å²) < 4.78 is 2.17. The van der Waals surface area contributed by atoms with E-state index in [4.69, 9.17) is 0 Å². The maximum Gasteiger partial charge on any atom is 0.245 e. The van der Waals surface area contributed by atoms with E-state index in [1.54, 1.807) is 0 Å². The molecule has 4 atom stereocenters. The lowest BCUT2D eigenvalue weighted by Gasteiger charge is -2.56. The molecule has 2 bridgehead atoms. The van der Waals surface area contributed by atoms with Crippen molar-refractivity contribution >= 4 is 11.8 Å². The van der Waals surface area contributed by atoms with E-state index < -0.39 is 0 Å². The van der Waals surface area contributed by atoms with Crippen molar-refractivity contribution in [2.24, 2.45) is 18.9 Å². The largest absolute Gasteiger partial charge is 0.341 e. The highest BCUT2D eigenvalue weighted by molar-refractivity contribution is 5.89. The molecular weight excluding hydrogens is 390 g/mol. The van der Waals surface area contributed by atoms with Crippen molar-refractivity contribution in [1.29, 1.82) is 0 Å². The summed E-state index contributed by atoms with van der Waals surface area (Å²) in [5.41, 5.74) is 1.23. The van der Waals surface area contributed by atoms with E-state index in [0.29, 0.717) is 12.3 Å². The highest BCUT2D eigenvalue weighted by atomic mass is 16.2. The van der Waals surface area contributed by atoms with Crippen LogP contribution < -0.4 is 0 Å². The summed E-state index contributed by atoms with van der Waals surface area (Å²) in [6, 6.07) is -0.0299. The fraction of sp³-hybridized carbons (Fsp3) is 0.792. The molecule has 4 aliphatic heterocycles. The lowest BCUT2D eigenvalue weighted by molar-refractivity contribution is -0.165. The first-order valence-corrected chi connectivity index (χ1v) is 12.3. The van der Waals surface area contributed by atoms with Gasteiger partial charge in [-0.15, -0.1) is 0 Å². The summed E-state index contributed by atoms with van der Waals surface area (Å²) >= 11 is 0. The zero-order chi connectivity index (χ0) is 21.5. The molecule has 5 rings (SSSR count). The van der Waals surface area contributed by atoms with Crippen molar-refractivity contribution in [2.45, 2.75) is 76.9 Å². The van der Waals surface area contributed by atoms with Gasteiger partial charge in [0.15, 0.2) is 0 Å². The molecule has 0 unspecified atom stereocenters. The van der Waals surface area contributed by atoms with Gasteiger partial charge in [0.2, 0.25) is 11.8 Å². The number of carbonyl (C=O) groups is 2. The van der Waals surface area contributed by atoms with Crippen LogP contribution in [0.2, 0.25) is 0 Å². The van der Waals surface area contributed by atoms with Gasteiger partial charge in [0.05, 0.1) is 5.69 Å². The van der Waals surface area contributed by atoms with Crippen LogP contribution in [0, 0.1) is 18.8 Å². The normalized spacial score (nSPS) is 32.0. The number of hydrogen-bond acceptors (Lipinski definition) is 4. The highest BCUT2D eigenvalue weighted by Gasteiger charge is 2.52. The Kier molecular flexibility index (Phi) is 5.80. The molecule has 170 valence electrons. The minimum atomic E-state index is -0.261. The van der Waals surface area contributed by atoms with Crippen molar-refractivity contribution in [1.82, 2.24) is 24.3 Å². The molecule has 0 radical (unpaired) electrons. The van der Waals surface area contributed by atoms with Crippen molar-refractivity contribution in [3.8, 4) is 0 Å². The summed E-state index contributed by atoms with van der Waals surface area (Å²) in [5, 5.41) is 0. The van der Waals surface area contributed by atoms with Gasteiger partial charge in [0.25, 0.3) is 0 Å². The van der Waals surface area contributed by atoms with Crippen LogP contribution in [0.4, 0.5) is 0 Å². The number of fused-ring (bicyclic) bond motifs is 4. The Balaban J connectivity index is 1.41. The first kappa shape index (κ1) is 21.0. The summed E-state index contributed by atoms with van der Waals surface area (Å²) in [5.74, 6) is 2.19.